The molecule has 0 saturated carbocycles. The topological polar surface area (TPSA) is 113 Å². The van der Waals surface area contributed by atoms with E-state index in [1.807, 2.05) is 39.0 Å². The third kappa shape index (κ3) is 4.95. The number of nitrogens with one attached hydrogen (secondary N) is 2. The number of carbonyl (C=O) groups is 3. The van der Waals surface area contributed by atoms with Crippen LogP contribution in [0.2, 0.25) is 0 Å². The first-order valence-electron chi connectivity index (χ1n) is 11.0. The minimum Gasteiger partial charge on any atom is -0.326 e. The SMILES string of the molecule is Cc1ccc2c(c1)C(=O)N(CCC(=O)Nc1ccc(S(=O)(=O)Nc3c(C)cccc3C)cc1)C2=O. The molecule has 3 aromatic carbocycles. The zero-order valence-corrected chi connectivity index (χ0v) is 20.4. The zero-order valence-electron chi connectivity index (χ0n) is 19.6. The lowest BCUT2D eigenvalue weighted by atomic mass is 10.1. The minimum atomic E-state index is -3.81. The van der Waals surface area contributed by atoms with E-state index in [0.717, 1.165) is 21.6 Å². The Bertz CT molecular complexity index is 1430. The number of nitrogens with zero attached hydrogens (tertiary/aromatic N) is 1. The van der Waals surface area contributed by atoms with Crippen LogP contribution in [0, 0.1) is 20.8 Å². The normalized spacial score (nSPS) is 13.1. The summed E-state index contributed by atoms with van der Waals surface area (Å²) in [7, 11) is -3.81. The first kappa shape index (κ1) is 24.2. The largest absolute Gasteiger partial charge is 0.326 e. The fourth-order valence-corrected chi connectivity index (χ4v) is 5.13. The van der Waals surface area contributed by atoms with Gasteiger partial charge in [-0.3, -0.25) is 24.0 Å². The van der Waals surface area contributed by atoms with Crippen LogP contribution in [0.3, 0.4) is 0 Å². The van der Waals surface area contributed by atoms with E-state index >= 15 is 0 Å². The summed E-state index contributed by atoms with van der Waals surface area (Å²) in [5.74, 6) is -1.22. The van der Waals surface area contributed by atoms with E-state index < -0.39 is 27.7 Å². The van der Waals surface area contributed by atoms with Crippen molar-refractivity contribution in [2.45, 2.75) is 32.1 Å². The molecule has 1 heterocycles. The molecule has 0 radical (unpaired) electrons. The molecule has 1 aliphatic rings. The second-order valence-corrected chi connectivity index (χ2v) is 10.2. The Kier molecular flexibility index (Phi) is 6.45. The number of sulfonamides is 1. The van der Waals surface area contributed by atoms with Crippen LogP contribution in [0.5, 0.6) is 0 Å². The maximum Gasteiger partial charge on any atom is 0.261 e. The van der Waals surface area contributed by atoms with Crippen LogP contribution < -0.4 is 10.0 Å². The molecule has 0 atom stereocenters. The maximum absolute atomic E-state index is 12.8. The van der Waals surface area contributed by atoms with Crippen molar-refractivity contribution in [1.82, 2.24) is 4.90 Å². The van der Waals surface area contributed by atoms with Gasteiger partial charge in [-0.05, 0) is 68.3 Å². The van der Waals surface area contributed by atoms with Gasteiger partial charge in [-0.25, -0.2) is 8.42 Å². The molecule has 35 heavy (non-hydrogen) atoms. The maximum atomic E-state index is 12.8. The molecule has 0 fully saturated rings. The standard InChI is InChI=1S/C26H25N3O5S/c1-16-7-12-21-22(15-16)26(32)29(25(21)31)14-13-23(30)27-19-8-10-20(11-9-19)35(33,34)28-24-17(2)5-4-6-18(24)3/h4-12,15,28H,13-14H2,1-3H3,(H,27,30). The Labute approximate surface area is 204 Å². The van der Waals surface area contributed by atoms with Crippen molar-refractivity contribution in [3.8, 4) is 0 Å². The van der Waals surface area contributed by atoms with Crippen LogP contribution in [-0.4, -0.2) is 37.6 Å². The van der Waals surface area contributed by atoms with Crippen LogP contribution in [0.1, 0.15) is 43.8 Å². The lowest BCUT2D eigenvalue weighted by Gasteiger charge is -2.14. The summed E-state index contributed by atoms with van der Waals surface area (Å²) in [6, 6.07) is 16.3. The number of hydrogen-bond donors (Lipinski definition) is 2. The first-order valence-corrected chi connectivity index (χ1v) is 12.5. The molecule has 0 spiro atoms. The molecule has 0 saturated heterocycles. The second kappa shape index (κ2) is 9.34. The van der Waals surface area contributed by atoms with E-state index in [9.17, 15) is 22.8 Å². The highest BCUT2D eigenvalue weighted by atomic mass is 32.2. The average molecular weight is 492 g/mol. The van der Waals surface area contributed by atoms with E-state index in [1.54, 1.807) is 18.2 Å². The van der Waals surface area contributed by atoms with Gasteiger partial charge in [0.25, 0.3) is 21.8 Å². The highest BCUT2D eigenvalue weighted by molar-refractivity contribution is 7.92. The van der Waals surface area contributed by atoms with Crippen LogP contribution in [0.4, 0.5) is 11.4 Å². The number of para-hydroxylation sites is 1. The number of fused-ring (bicyclic) bond motifs is 1. The molecular formula is C26H25N3O5S. The van der Waals surface area contributed by atoms with E-state index in [4.69, 9.17) is 0 Å². The zero-order chi connectivity index (χ0) is 25.3. The molecule has 0 aliphatic carbocycles. The summed E-state index contributed by atoms with van der Waals surface area (Å²) >= 11 is 0. The van der Waals surface area contributed by atoms with Gasteiger partial charge in [0, 0.05) is 18.7 Å². The summed E-state index contributed by atoms with van der Waals surface area (Å²) in [6.45, 7) is 5.44. The van der Waals surface area contributed by atoms with Crippen molar-refractivity contribution < 1.29 is 22.8 Å². The summed E-state index contributed by atoms with van der Waals surface area (Å²) < 4.78 is 28.2. The number of anilines is 2. The first-order chi connectivity index (χ1) is 16.6. The molecule has 0 bridgehead atoms. The van der Waals surface area contributed by atoms with Crippen molar-refractivity contribution in [3.63, 3.8) is 0 Å². The van der Waals surface area contributed by atoms with E-state index in [-0.39, 0.29) is 17.9 Å². The Balaban J connectivity index is 1.37. The van der Waals surface area contributed by atoms with E-state index in [0.29, 0.717) is 22.5 Å². The third-order valence-electron chi connectivity index (χ3n) is 5.85. The predicted octanol–water partition coefficient (Wildman–Crippen LogP) is 4.04. The fourth-order valence-electron chi connectivity index (χ4n) is 3.93. The van der Waals surface area contributed by atoms with Gasteiger partial charge in [0.15, 0.2) is 0 Å². The van der Waals surface area contributed by atoms with Gasteiger partial charge in [0.1, 0.15) is 0 Å². The minimum absolute atomic E-state index is 0.0522. The molecule has 2 N–H and O–H groups in total. The number of rotatable bonds is 7. The quantitative estimate of drug-likeness (QED) is 0.485. The van der Waals surface area contributed by atoms with Gasteiger partial charge in [0.05, 0.1) is 21.7 Å². The molecule has 1 aliphatic heterocycles. The predicted molar refractivity (Wildman–Crippen MR) is 133 cm³/mol. The van der Waals surface area contributed by atoms with Crippen molar-refractivity contribution in [2.24, 2.45) is 0 Å². The highest BCUT2D eigenvalue weighted by Crippen LogP contribution is 2.25. The van der Waals surface area contributed by atoms with Gasteiger partial charge in [-0.15, -0.1) is 0 Å². The molecule has 0 unspecified atom stereocenters. The molecule has 9 heteroatoms. The molecule has 3 amide bonds. The summed E-state index contributed by atoms with van der Waals surface area (Å²) in [4.78, 5) is 38.6. The van der Waals surface area contributed by atoms with E-state index in [1.165, 1.54) is 24.3 Å². The van der Waals surface area contributed by atoms with Gasteiger partial charge in [-0.1, -0.05) is 29.8 Å². The van der Waals surface area contributed by atoms with Gasteiger partial charge >= 0.3 is 0 Å². The lowest BCUT2D eigenvalue weighted by Crippen LogP contribution is -2.32. The third-order valence-corrected chi connectivity index (χ3v) is 7.22. The highest BCUT2D eigenvalue weighted by Gasteiger charge is 2.35. The van der Waals surface area contributed by atoms with E-state index in [2.05, 4.69) is 10.0 Å². The van der Waals surface area contributed by atoms with Crippen LogP contribution in [0.15, 0.2) is 65.6 Å². The average Bonchev–Trinajstić information content (AvgIpc) is 3.04. The Hall–Kier alpha value is -3.98. The van der Waals surface area contributed by atoms with Crippen molar-refractivity contribution in [2.75, 3.05) is 16.6 Å². The van der Waals surface area contributed by atoms with Crippen molar-refractivity contribution in [1.29, 1.82) is 0 Å². The molecule has 180 valence electrons. The Morgan fingerprint density at radius 3 is 2.14 bits per heavy atom. The van der Waals surface area contributed by atoms with Gasteiger partial charge < -0.3 is 5.32 Å². The van der Waals surface area contributed by atoms with Crippen molar-refractivity contribution in [3.05, 3.63) is 88.5 Å². The Morgan fingerprint density at radius 2 is 1.49 bits per heavy atom. The number of benzene rings is 3. The van der Waals surface area contributed by atoms with Gasteiger partial charge in [-0.2, -0.15) is 0 Å². The number of aryl methyl sites for hydroxylation is 3. The van der Waals surface area contributed by atoms with Crippen LogP contribution >= 0.6 is 0 Å². The molecule has 4 rings (SSSR count). The van der Waals surface area contributed by atoms with Crippen molar-refractivity contribution >= 4 is 39.1 Å². The monoisotopic (exact) mass is 491 g/mol. The molecular weight excluding hydrogens is 466 g/mol. The number of hydrogen-bond acceptors (Lipinski definition) is 5. The number of imide groups is 1. The van der Waals surface area contributed by atoms with Crippen LogP contribution in [0.25, 0.3) is 0 Å². The smallest absolute Gasteiger partial charge is 0.261 e. The second-order valence-electron chi connectivity index (χ2n) is 8.51. The summed E-state index contributed by atoms with van der Waals surface area (Å²) in [6.07, 6.45) is -0.0847. The summed E-state index contributed by atoms with van der Waals surface area (Å²) in [5.41, 5.74) is 4.12. The number of amides is 3. The molecule has 8 nitrogen and oxygen atoms in total. The summed E-state index contributed by atoms with van der Waals surface area (Å²) in [5, 5.41) is 2.67. The lowest BCUT2D eigenvalue weighted by molar-refractivity contribution is -0.116. The number of carbonyl (C=O) groups excluding carboxylic acids is 3. The van der Waals surface area contributed by atoms with Crippen LogP contribution in [-0.2, 0) is 14.8 Å². The Morgan fingerprint density at radius 1 is 0.857 bits per heavy atom. The fraction of sp³-hybridized carbons (Fsp3) is 0.192. The molecule has 0 aromatic heterocycles. The molecule has 3 aromatic rings. The van der Waals surface area contributed by atoms with Gasteiger partial charge in [0.2, 0.25) is 5.91 Å².